The molecule has 0 fully saturated rings. The summed E-state index contributed by atoms with van der Waals surface area (Å²) >= 11 is 6.92. The second kappa shape index (κ2) is 6.63. The van der Waals surface area contributed by atoms with Crippen LogP contribution in [0.5, 0.6) is 0 Å². The molecule has 6 heteroatoms. The summed E-state index contributed by atoms with van der Waals surface area (Å²) in [4.78, 5) is 0. The lowest BCUT2D eigenvalue weighted by atomic mass is 10.2. The third-order valence-electron chi connectivity index (χ3n) is 2.52. The molecule has 102 valence electrons. The summed E-state index contributed by atoms with van der Waals surface area (Å²) in [5.74, 6) is 1.18. The maximum Gasteiger partial charge on any atom is 0.248 e. The van der Waals surface area contributed by atoms with Gasteiger partial charge in [0, 0.05) is 28.0 Å². The van der Waals surface area contributed by atoms with Crippen LogP contribution in [0.2, 0.25) is 0 Å². The lowest BCUT2D eigenvalue weighted by Gasteiger charge is -2.04. The van der Waals surface area contributed by atoms with Crippen molar-refractivity contribution >= 4 is 31.9 Å². The number of aromatic nitrogens is 2. The van der Waals surface area contributed by atoms with Crippen molar-refractivity contribution < 1.29 is 4.42 Å². The second-order valence-electron chi connectivity index (χ2n) is 4.48. The highest BCUT2D eigenvalue weighted by molar-refractivity contribution is 9.11. The first-order valence-electron chi connectivity index (χ1n) is 6.07. The average Bonchev–Trinajstić information content (AvgIpc) is 2.80. The van der Waals surface area contributed by atoms with Gasteiger partial charge in [0.2, 0.25) is 11.8 Å². The zero-order valence-electron chi connectivity index (χ0n) is 10.8. The first kappa shape index (κ1) is 14.7. The van der Waals surface area contributed by atoms with Crippen LogP contribution in [0.1, 0.15) is 19.7 Å². The lowest BCUT2D eigenvalue weighted by molar-refractivity contribution is 0.484. The topological polar surface area (TPSA) is 51.0 Å². The van der Waals surface area contributed by atoms with Gasteiger partial charge in [-0.05, 0) is 34.1 Å². The van der Waals surface area contributed by atoms with E-state index in [2.05, 4.69) is 61.2 Å². The van der Waals surface area contributed by atoms with Gasteiger partial charge in [0.15, 0.2) is 0 Å². The van der Waals surface area contributed by atoms with Gasteiger partial charge >= 0.3 is 0 Å². The Kier molecular flexibility index (Phi) is 5.13. The van der Waals surface area contributed by atoms with Crippen LogP contribution in [0.15, 0.2) is 31.6 Å². The number of rotatable bonds is 5. The molecule has 0 radical (unpaired) electrons. The fourth-order valence-corrected chi connectivity index (χ4v) is 2.37. The Bertz CT molecular complexity index is 555. The molecule has 2 aromatic rings. The van der Waals surface area contributed by atoms with Crippen molar-refractivity contribution in [3.8, 4) is 11.5 Å². The minimum atomic E-state index is 0.460. The largest absolute Gasteiger partial charge is 0.421 e. The van der Waals surface area contributed by atoms with E-state index in [1.165, 1.54) is 0 Å². The molecule has 0 amide bonds. The molecular formula is C13H15Br2N3O. The summed E-state index contributed by atoms with van der Waals surface area (Å²) in [6.07, 6.45) is 0.733. The molecule has 19 heavy (non-hydrogen) atoms. The predicted octanol–water partition coefficient (Wildman–Crippen LogP) is 3.80. The number of hydrogen-bond donors (Lipinski definition) is 1. The normalized spacial score (nSPS) is 11.2. The van der Waals surface area contributed by atoms with E-state index in [1.54, 1.807) is 0 Å². The van der Waals surface area contributed by atoms with E-state index < -0.39 is 0 Å². The summed E-state index contributed by atoms with van der Waals surface area (Å²) in [6, 6.07) is 6.32. The summed E-state index contributed by atoms with van der Waals surface area (Å²) in [5.41, 5.74) is 0.893. The van der Waals surface area contributed by atoms with Gasteiger partial charge in [-0.25, -0.2) is 0 Å². The zero-order chi connectivity index (χ0) is 13.8. The minimum Gasteiger partial charge on any atom is -0.421 e. The third kappa shape index (κ3) is 4.12. The van der Waals surface area contributed by atoms with E-state index in [1.807, 2.05) is 18.2 Å². The van der Waals surface area contributed by atoms with E-state index in [9.17, 15) is 0 Å². The molecule has 4 nitrogen and oxygen atoms in total. The molecule has 1 N–H and O–H groups in total. The van der Waals surface area contributed by atoms with Crippen molar-refractivity contribution in [3.63, 3.8) is 0 Å². The smallest absolute Gasteiger partial charge is 0.248 e. The summed E-state index contributed by atoms with van der Waals surface area (Å²) in [5, 5.41) is 11.5. The quantitative estimate of drug-likeness (QED) is 0.846. The molecule has 0 aliphatic carbocycles. The van der Waals surface area contributed by atoms with Gasteiger partial charge in [-0.2, -0.15) is 0 Å². The first-order valence-corrected chi connectivity index (χ1v) is 7.66. The van der Waals surface area contributed by atoms with E-state index in [-0.39, 0.29) is 0 Å². The van der Waals surface area contributed by atoms with E-state index >= 15 is 0 Å². The average molecular weight is 389 g/mol. The van der Waals surface area contributed by atoms with Gasteiger partial charge < -0.3 is 9.73 Å². The fraction of sp³-hybridized carbons (Fsp3) is 0.385. The number of nitrogens with zero attached hydrogens (tertiary/aromatic N) is 2. The molecule has 0 aliphatic heterocycles. The molecule has 1 aromatic carbocycles. The molecule has 0 atom stereocenters. The number of hydrogen-bond acceptors (Lipinski definition) is 4. The number of halogens is 2. The van der Waals surface area contributed by atoms with Gasteiger partial charge in [0.1, 0.15) is 0 Å². The van der Waals surface area contributed by atoms with E-state index in [0.29, 0.717) is 17.8 Å². The molecule has 1 heterocycles. The van der Waals surface area contributed by atoms with Crippen LogP contribution < -0.4 is 5.32 Å². The Morgan fingerprint density at radius 3 is 2.79 bits per heavy atom. The van der Waals surface area contributed by atoms with Gasteiger partial charge in [0.25, 0.3) is 0 Å². The predicted molar refractivity (Wildman–Crippen MR) is 82.0 cm³/mol. The van der Waals surface area contributed by atoms with Crippen LogP contribution >= 0.6 is 31.9 Å². The van der Waals surface area contributed by atoms with Crippen LogP contribution in [0.3, 0.4) is 0 Å². The molecule has 0 unspecified atom stereocenters. The Hall–Kier alpha value is -0.720. The lowest BCUT2D eigenvalue weighted by Crippen LogP contribution is -2.25. The van der Waals surface area contributed by atoms with Crippen molar-refractivity contribution in [2.24, 2.45) is 0 Å². The first-order chi connectivity index (χ1) is 9.06. The maximum absolute atomic E-state index is 5.67. The summed E-state index contributed by atoms with van der Waals surface area (Å²) < 4.78 is 7.59. The molecule has 0 bridgehead atoms. The molecule has 1 aromatic heterocycles. The van der Waals surface area contributed by atoms with Crippen LogP contribution in [-0.2, 0) is 6.42 Å². The van der Waals surface area contributed by atoms with Crippen LogP contribution in [-0.4, -0.2) is 22.8 Å². The Morgan fingerprint density at radius 1 is 1.26 bits per heavy atom. The van der Waals surface area contributed by atoms with Crippen LogP contribution in [0.4, 0.5) is 0 Å². The molecule has 0 saturated carbocycles. The van der Waals surface area contributed by atoms with Gasteiger partial charge in [-0.1, -0.05) is 29.8 Å². The highest BCUT2D eigenvalue weighted by Gasteiger charge is 2.12. The fourth-order valence-electron chi connectivity index (χ4n) is 1.59. The standard InChI is InChI=1S/C13H15Br2N3O/c1-8(2)16-6-5-12-17-18-13(19-12)10-7-9(14)3-4-11(10)15/h3-4,7-8,16H,5-6H2,1-2H3. The SMILES string of the molecule is CC(C)NCCc1nnc(-c2cc(Br)ccc2Br)o1. The summed E-state index contributed by atoms with van der Waals surface area (Å²) in [6.45, 7) is 5.05. The Balaban J connectivity index is 2.10. The highest BCUT2D eigenvalue weighted by Crippen LogP contribution is 2.30. The van der Waals surface area contributed by atoms with Gasteiger partial charge in [0.05, 0.1) is 5.56 Å². The Morgan fingerprint density at radius 2 is 2.05 bits per heavy atom. The zero-order valence-corrected chi connectivity index (χ0v) is 14.0. The van der Waals surface area contributed by atoms with Crippen molar-refractivity contribution in [2.75, 3.05) is 6.54 Å². The molecular weight excluding hydrogens is 374 g/mol. The van der Waals surface area contributed by atoms with Crippen molar-refractivity contribution in [1.29, 1.82) is 0 Å². The number of nitrogens with one attached hydrogen (secondary N) is 1. The van der Waals surface area contributed by atoms with E-state index in [0.717, 1.165) is 27.5 Å². The minimum absolute atomic E-state index is 0.460. The van der Waals surface area contributed by atoms with Crippen LogP contribution in [0, 0.1) is 0 Å². The number of benzene rings is 1. The van der Waals surface area contributed by atoms with Crippen molar-refractivity contribution in [1.82, 2.24) is 15.5 Å². The van der Waals surface area contributed by atoms with Crippen molar-refractivity contribution in [2.45, 2.75) is 26.3 Å². The maximum atomic E-state index is 5.67. The van der Waals surface area contributed by atoms with Gasteiger partial charge in [-0.3, -0.25) is 0 Å². The third-order valence-corrected chi connectivity index (χ3v) is 3.70. The highest BCUT2D eigenvalue weighted by atomic mass is 79.9. The Labute approximate surface area is 129 Å². The monoisotopic (exact) mass is 387 g/mol. The molecule has 0 aliphatic rings. The molecule has 0 spiro atoms. The molecule has 0 saturated heterocycles. The van der Waals surface area contributed by atoms with Crippen molar-refractivity contribution in [3.05, 3.63) is 33.0 Å². The molecule has 2 rings (SSSR count). The second-order valence-corrected chi connectivity index (χ2v) is 6.25. The summed E-state index contributed by atoms with van der Waals surface area (Å²) in [7, 11) is 0. The van der Waals surface area contributed by atoms with Gasteiger partial charge in [-0.15, -0.1) is 10.2 Å². The van der Waals surface area contributed by atoms with Crippen LogP contribution in [0.25, 0.3) is 11.5 Å². The van der Waals surface area contributed by atoms with E-state index in [4.69, 9.17) is 4.42 Å².